The van der Waals surface area contributed by atoms with Crippen LogP contribution in [-0.4, -0.2) is 33.1 Å². The van der Waals surface area contributed by atoms with Crippen LogP contribution in [0.3, 0.4) is 0 Å². The highest BCUT2D eigenvalue weighted by Crippen LogP contribution is 2.21. The van der Waals surface area contributed by atoms with Gasteiger partial charge >= 0.3 is 5.76 Å². The van der Waals surface area contributed by atoms with Crippen molar-refractivity contribution in [2.24, 2.45) is 0 Å². The van der Waals surface area contributed by atoms with Crippen molar-refractivity contribution in [1.29, 1.82) is 0 Å². The Bertz CT molecular complexity index is 1330. The molecule has 4 rings (SSSR count). The quantitative estimate of drug-likeness (QED) is 0.212. The summed E-state index contributed by atoms with van der Waals surface area (Å²) < 4.78 is 14.0. The van der Waals surface area contributed by atoms with E-state index in [9.17, 15) is 9.59 Å². The van der Waals surface area contributed by atoms with Crippen LogP contribution in [0, 0.1) is 0 Å². The van der Waals surface area contributed by atoms with E-state index in [0.29, 0.717) is 65.1 Å². The zero-order valence-electron chi connectivity index (χ0n) is 17.0. The predicted octanol–water partition coefficient (Wildman–Crippen LogP) is 4.18. The molecule has 0 unspecified atom stereocenters. The number of aryl methyl sites for hydroxylation is 1. The first kappa shape index (κ1) is 21.7. The van der Waals surface area contributed by atoms with Gasteiger partial charge in [-0.15, -0.1) is 0 Å². The summed E-state index contributed by atoms with van der Waals surface area (Å²) in [4.78, 5) is 30.0. The Hall–Kier alpha value is -2.55. The van der Waals surface area contributed by atoms with Crippen molar-refractivity contribution < 1.29 is 9.15 Å². The molecule has 0 saturated carbocycles. The van der Waals surface area contributed by atoms with Gasteiger partial charge in [0.15, 0.2) is 10.7 Å². The van der Waals surface area contributed by atoms with Crippen LogP contribution in [-0.2, 0) is 17.8 Å². The van der Waals surface area contributed by atoms with E-state index in [0.717, 1.165) is 5.52 Å². The first-order chi connectivity index (χ1) is 15.1. The number of oxazole rings is 1. The first-order valence-corrected chi connectivity index (χ1v) is 11.4. The molecular weight excluding hydrogens is 438 g/mol. The van der Waals surface area contributed by atoms with Crippen molar-refractivity contribution in [1.82, 2.24) is 14.1 Å². The van der Waals surface area contributed by atoms with Gasteiger partial charge in [-0.1, -0.05) is 35.5 Å². The monoisotopic (exact) mass is 459 g/mol. The molecular formula is C22H22ClN3O4S. The van der Waals surface area contributed by atoms with Crippen LogP contribution in [0.1, 0.15) is 13.3 Å². The molecule has 0 fully saturated rings. The maximum Gasteiger partial charge on any atom is 0.419 e. The summed E-state index contributed by atoms with van der Waals surface area (Å²) in [6.45, 7) is 4.08. The Balaban J connectivity index is 1.60. The van der Waals surface area contributed by atoms with Gasteiger partial charge in [0, 0.05) is 37.1 Å². The molecule has 162 valence electrons. The number of ether oxygens (including phenoxy) is 1. The average molecular weight is 460 g/mol. The summed E-state index contributed by atoms with van der Waals surface area (Å²) in [5.74, 6) is 0.155. The molecule has 2 aromatic heterocycles. The second-order valence-corrected chi connectivity index (χ2v) is 8.40. The van der Waals surface area contributed by atoms with Gasteiger partial charge in [-0.2, -0.15) is 0 Å². The zero-order chi connectivity index (χ0) is 21.8. The summed E-state index contributed by atoms with van der Waals surface area (Å²) in [6.07, 6.45) is 0.702. The van der Waals surface area contributed by atoms with Gasteiger partial charge < -0.3 is 9.15 Å². The summed E-state index contributed by atoms with van der Waals surface area (Å²) in [6, 6.07) is 12.4. The highest BCUT2D eigenvalue weighted by molar-refractivity contribution is 7.99. The summed E-state index contributed by atoms with van der Waals surface area (Å²) in [7, 11) is 0. The van der Waals surface area contributed by atoms with Crippen molar-refractivity contribution in [2.75, 3.05) is 19.0 Å². The molecule has 7 nitrogen and oxygen atoms in total. The minimum absolute atomic E-state index is 0.105. The van der Waals surface area contributed by atoms with E-state index in [-0.39, 0.29) is 5.56 Å². The van der Waals surface area contributed by atoms with E-state index in [1.165, 1.54) is 11.8 Å². The minimum atomic E-state index is -0.394. The molecule has 0 saturated heterocycles. The van der Waals surface area contributed by atoms with Gasteiger partial charge in [0.2, 0.25) is 0 Å². The lowest BCUT2D eigenvalue weighted by Gasteiger charge is -2.13. The summed E-state index contributed by atoms with van der Waals surface area (Å²) >= 11 is 7.53. The van der Waals surface area contributed by atoms with Crippen LogP contribution in [0.2, 0.25) is 5.02 Å². The van der Waals surface area contributed by atoms with Gasteiger partial charge in [-0.25, -0.2) is 9.78 Å². The van der Waals surface area contributed by atoms with E-state index in [4.69, 9.17) is 20.8 Å². The van der Waals surface area contributed by atoms with Crippen molar-refractivity contribution in [3.63, 3.8) is 0 Å². The van der Waals surface area contributed by atoms with Crippen LogP contribution in [0.25, 0.3) is 22.0 Å². The lowest BCUT2D eigenvalue weighted by molar-refractivity contribution is 0.140. The molecule has 0 N–H and O–H groups in total. The number of benzene rings is 2. The maximum atomic E-state index is 13.1. The molecule has 0 radical (unpaired) electrons. The topological polar surface area (TPSA) is 79.3 Å². The number of thioether (sulfide) groups is 1. The fourth-order valence-electron chi connectivity index (χ4n) is 3.40. The molecule has 0 bridgehead atoms. The smallest absolute Gasteiger partial charge is 0.408 e. The number of aromatic nitrogens is 3. The van der Waals surface area contributed by atoms with Crippen LogP contribution in [0.5, 0.6) is 0 Å². The highest BCUT2D eigenvalue weighted by Gasteiger charge is 2.13. The number of para-hydroxylation sites is 2. The molecule has 0 aliphatic carbocycles. The number of nitrogens with zero attached hydrogens (tertiary/aromatic N) is 3. The zero-order valence-corrected chi connectivity index (χ0v) is 18.6. The summed E-state index contributed by atoms with van der Waals surface area (Å²) in [5, 5.41) is 1.65. The van der Waals surface area contributed by atoms with Crippen LogP contribution in [0.15, 0.2) is 61.6 Å². The largest absolute Gasteiger partial charge is 0.419 e. The molecule has 2 heterocycles. The SMILES string of the molecule is CCOCCCn1c(SCCn2c(=O)oc3ccccc32)nc2cc(Cl)ccc2c1=O. The van der Waals surface area contributed by atoms with Crippen molar-refractivity contribution >= 4 is 45.4 Å². The Kier molecular flexibility index (Phi) is 6.80. The first-order valence-electron chi connectivity index (χ1n) is 10.1. The summed E-state index contributed by atoms with van der Waals surface area (Å²) in [5.41, 5.74) is 1.77. The second-order valence-electron chi connectivity index (χ2n) is 6.90. The van der Waals surface area contributed by atoms with Crippen LogP contribution >= 0.6 is 23.4 Å². The number of halogens is 1. The molecule has 0 atom stereocenters. The minimum Gasteiger partial charge on any atom is -0.408 e. The van der Waals surface area contributed by atoms with Crippen molar-refractivity contribution in [2.45, 2.75) is 31.6 Å². The Labute approximate surface area is 187 Å². The molecule has 0 aliphatic heterocycles. The molecule has 2 aromatic carbocycles. The number of rotatable bonds is 9. The Morgan fingerprint density at radius 3 is 2.81 bits per heavy atom. The van der Waals surface area contributed by atoms with Gasteiger partial charge in [0.1, 0.15) is 0 Å². The third kappa shape index (κ3) is 4.71. The van der Waals surface area contributed by atoms with Gasteiger partial charge in [0.05, 0.1) is 16.4 Å². The average Bonchev–Trinajstić information content (AvgIpc) is 3.08. The lowest BCUT2D eigenvalue weighted by atomic mass is 10.2. The molecule has 0 spiro atoms. The van der Waals surface area contributed by atoms with E-state index in [2.05, 4.69) is 4.98 Å². The second kappa shape index (κ2) is 9.72. The van der Waals surface area contributed by atoms with Crippen LogP contribution in [0.4, 0.5) is 0 Å². The maximum absolute atomic E-state index is 13.1. The molecule has 0 aliphatic rings. The van der Waals surface area contributed by atoms with Crippen LogP contribution < -0.4 is 11.3 Å². The fourth-order valence-corrected chi connectivity index (χ4v) is 4.52. The van der Waals surface area contributed by atoms with E-state index in [1.54, 1.807) is 33.4 Å². The standard InChI is InChI=1S/C22H22ClN3O4S/c1-2-29-12-5-10-26-20(27)16-9-8-15(23)14-17(16)24-21(26)31-13-11-25-18-6-3-4-7-19(18)30-22(25)28/h3-4,6-9,14H,2,5,10-13H2,1H3. The Morgan fingerprint density at radius 2 is 1.97 bits per heavy atom. The predicted molar refractivity (Wildman–Crippen MR) is 123 cm³/mol. The lowest BCUT2D eigenvalue weighted by Crippen LogP contribution is -2.24. The van der Waals surface area contributed by atoms with Gasteiger partial charge in [-0.3, -0.25) is 13.9 Å². The van der Waals surface area contributed by atoms with Crippen molar-refractivity contribution in [3.05, 3.63) is 68.4 Å². The van der Waals surface area contributed by atoms with Gasteiger partial charge in [-0.05, 0) is 43.7 Å². The fraction of sp³-hybridized carbons (Fsp3) is 0.318. The van der Waals surface area contributed by atoms with E-state index >= 15 is 0 Å². The molecule has 4 aromatic rings. The van der Waals surface area contributed by atoms with E-state index in [1.807, 2.05) is 25.1 Å². The highest BCUT2D eigenvalue weighted by atomic mass is 35.5. The number of hydrogen-bond donors (Lipinski definition) is 0. The Morgan fingerprint density at radius 1 is 1.13 bits per heavy atom. The van der Waals surface area contributed by atoms with E-state index < -0.39 is 5.76 Å². The molecule has 0 amide bonds. The normalized spacial score (nSPS) is 11.5. The van der Waals surface area contributed by atoms with Crippen molar-refractivity contribution in [3.8, 4) is 0 Å². The third-order valence-corrected chi connectivity index (χ3v) is 6.07. The third-order valence-electron chi connectivity index (χ3n) is 4.88. The van der Waals surface area contributed by atoms with Gasteiger partial charge in [0.25, 0.3) is 5.56 Å². The number of fused-ring (bicyclic) bond motifs is 2. The molecule has 9 heteroatoms. The number of hydrogen-bond acceptors (Lipinski definition) is 6. The molecule has 31 heavy (non-hydrogen) atoms.